The first-order chi connectivity index (χ1) is 15.1. The normalized spacial score (nSPS) is 23.6. The quantitative estimate of drug-likeness (QED) is 0.196. The number of hydrogen-bond acceptors (Lipinski definition) is 7. The third kappa shape index (κ3) is 3.16. The molecule has 0 aromatic carbocycles. The number of nitrogens with two attached hydrogens (primary N) is 1. The van der Waals surface area contributed by atoms with Gasteiger partial charge in [0.15, 0.2) is 0 Å². The Balaban J connectivity index is 1.86. The third-order valence-corrected chi connectivity index (χ3v) is 8.73. The maximum atomic E-state index is 12.6. The molecule has 0 spiro atoms. The van der Waals surface area contributed by atoms with Gasteiger partial charge >= 0.3 is 12.0 Å². The van der Waals surface area contributed by atoms with E-state index in [1.807, 2.05) is 13.8 Å². The maximum absolute atomic E-state index is 12.6. The summed E-state index contributed by atoms with van der Waals surface area (Å²) in [6.07, 6.45) is 1.25. The molecule has 0 radical (unpaired) electrons. The summed E-state index contributed by atoms with van der Waals surface area (Å²) in [4.78, 5) is 39.5. The molecule has 4 atom stereocenters. The van der Waals surface area contributed by atoms with Gasteiger partial charge in [-0.1, -0.05) is 30.0 Å². The van der Waals surface area contributed by atoms with Gasteiger partial charge in [-0.15, -0.1) is 4.57 Å². The van der Waals surface area contributed by atoms with Crippen molar-refractivity contribution < 1.29 is 34.1 Å². The van der Waals surface area contributed by atoms with Crippen LogP contribution in [-0.2, 0) is 9.59 Å². The SMILES string of the molecule is Cc1c(C2=C(C(=O)O)N3C(=O)[C@H]([C@@H](C)O)[C@H]3[C@H]2C)sc2c(SCCCO)n(C(N)=O)c[n+]12. The Morgan fingerprint density at radius 2 is 2.09 bits per heavy atom. The Hall–Kier alpha value is -2.41. The van der Waals surface area contributed by atoms with Crippen molar-refractivity contribution in [1.82, 2.24) is 9.47 Å². The molecule has 12 heteroatoms. The number of aliphatic hydroxyl groups is 2. The van der Waals surface area contributed by atoms with Gasteiger partial charge in [0.05, 0.1) is 22.9 Å². The van der Waals surface area contributed by atoms with Gasteiger partial charge in [0.2, 0.25) is 15.8 Å². The number of carbonyl (C=O) groups excluding carboxylic acids is 2. The van der Waals surface area contributed by atoms with E-state index >= 15 is 0 Å². The van der Waals surface area contributed by atoms with Crippen molar-refractivity contribution in [3.63, 3.8) is 0 Å². The van der Waals surface area contributed by atoms with Gasteiger partial charge in [-0.3, -0.25) is 4.79 Å². The molecule has 10 nitrogen and oxygen atoms in total. The van der Waals surface area contributed by atoms with Gasteiger partial charge in [0.25, 0.3) is 6.33 Å². The highest BCUT2D eigenvalue weighted by Crippen LogP contribution is 2.52. The lowest BCUT2D eigenvalue weighted by Crippen LogP contribution is -2.63. The number of β-lactam (4-membered cyclic amide) rings is 1. The zero-order valence-electron chi connectivity index (χ0n) is 17.8. The van der Waals surface area contributed by atoms with Crippen molar-refractivity contribution in [2.24, 2.45) is 17.6 Å². The highest BCUT2D eigenvalue weighted by Gasteiger charge is 2.60. The number of primary amides is 1. The van der Waals surface area contributed by atoms with Crippen LogP contribution in [0.3, 0.4) is 0 Å². The summed E-state index contributed by atoms with van der Waals surface area (Å²) in [7, 11) is 0. The van der Waals surface area contributed by atoms with Gasteiger partial charge in [-0.2, -0.15) is 4.40 Å². The second kappa shape index (κ2) is 8.18. The second-order valence-corrected chi connectivity index (χ2v) is 10.2. The Bertz CT molecular complexity index is 1170. The smallest absolute Gasteiger partial charge is 0.411 e. The molecule has 2 aromatic heterocycles. The molecule has 32 heavy (non-hydrogen) atoms. The molecular weight excluding hydrogens is 456 g/mol. The van der Waals surface area contributed by atoms with Crippen LogP contribution in [0.5, 0.6) is 0 Å². The topological polar surface area (TPSA) is 150 Å². The van der Waals surface area contributed by atoms with Crippen molar-refractivity contribution in [3.05, 3.63) is 22.6 Å². The van der Waals surface area contributed by atoms with E-state index in [-0.39, 0.29) is 24.1 Å². The summed E-state index contributed by atoms with van der Waals surface area (Å²) in [5, 5.41) is 29.7. The molecule has 5 N–H and O–H groups in total. The Kier molecular flexibility index (Phi) is 5.82. The molecule has 4 heterocycles. The zero-order valence-corrected chi connectivity index (χ0v) is 19.4. The number of aryl methyl sites for hydroxylation is 1. The number of aromatic nitrogens is 2. The van der Waals surface area contributed by atoms with Crippen LogP contribution in [0.2, 0.25) is 0 Å². The van der Waals surface area contributed by atoms with Gasteiger partial charge in [-0.05, 0) is 20.3 Å². The minimum absolute atomic E-state index is 0.0252. The number of amides is 2. The number of aliphatic hydroxyl groups excluding tert-OH is 2. The molecule has 1 fully saturated rings. The number of nitrogens with zero attached hydrogens (tertiary/aromatic N) is 3. The lowest BCUT2D eigenvalue weighted by atomic mass is 9.77. The third-order valence-electron chi connectivity index (χ3n) is 6.14. The number of carbonyl (C=O) groups is 3. The van der Waals surface area contributed by atoms with Crippen molar-refractivity contribution in [2.75, 3.05) is 12.4 Å². The first kappa shape index (κ1) is 22.8. The van der Waals surface area contributed by atoms with E-state index in [0.29, 0.717) is 22.8 Å². The molecule has 2 amide bonds. The minimum atomic E-state index is -1.19. The zero-order chi connectivity index (χ0) is 23.5. The number of carboxylic acids is 1. The van der Waals surface area contributed by atoms with E-state index < -0.39 is 30.1 Å². The summed E-state index contributed by atoms with van der Waals surface area (Å²) < 4.78 is 3.14. The molecule has 172 valence electrons. The molecular formula is C20H25N4O6S2+. The van der Waals surface area contributed by atoms with Crippen molar-refractivity contribution in [1.29, 1.82) is 0 Å². The average molecular weight is 482 g/mol. The van der Waals surface area contributed by atoms with E-state index in [2.05, 4.69) is 0 Å². The minimum Gasteiger partial charge on any atom is -0.477 e. The fourth-order valence-corrected chi connectivity index (χ4v) is 7.24. The second-order valence-electron chi connectivity index (χ2n) is 8.07. The predicted octanol–water partition coefficient (Wildman–Crippen LogP) is 0.651. The molecule has 0 saturated carbocycles. The van der Waals surface area contributed by atoms with Gasteiger partial charge in [-0.25, -0.2) is 9.59 Å². The lowest BCUT2D eigenvalue weighted by Gasteiger charge is -2.46. The van der Waals surface area contributed by atoms with Crippen molar-refractivity contribution in [2.45, 2.75) is 44.4 Å². The molecule has 0 aliphatic carbocycles. The molecule has 4 rings (SSSR count). The Morgan fingerprint density at radius 3 is 2.66 bits per heavy atom. The fraction of sp³-hybridized carbons (Fsp3) is 0.500. The monoisotopic (exact) mass is 481 g/mol. The highest BCUT2D eigenvalue weighted by atomic mass is 32.2. The number of fused-ring (bicyclic) bond motifs is 2. The van der Waals surface area contributed by atoms with Gasteiger partial charge < -0.3 is 26.0 Å². The van der Waals surface area contributed by atoms with Crippen LogP contribution in [-0.4, -0.2) is 67.2 Å². The molecule has 2 aliphatic heterocycles. The van der Waals surface area contributed by atoms with Crippen LogP contribution in [0, 0.1) is 18.8 Å². The molecule has 2 aliphatic rings. The first-order valence-electron chi connectivity index (χ1n) is 10.2. The molecule has 0 unspecified atom stereocenters. The van der Waals surface area contributed by atoms with Crippen LogP contribution in [0.4, 0.5) is 4.79 Å². The summed E-state index contributed by atoms with van der Waals surface area (Å²) in [6, 6.07) is -1.04. The van der Waals surface area contributed by atoms with E-state index in [1.54, 1.807) is 17.7 Å². The number of rotatable bonds is 7. The lowest BCUT2D eigenvalue weighted by molar-refractivity contribution is -0.515. The molecule has 2 aromatic rings. The summed E-state index contributed by atoms with van der Waals surface area (Å²) in [6.45, 7) is 5.27. The van der Waals surface area contributed by atoms with Crippen molar-refractivity contribution >= 4 is 51.4 Å². The Morgan fingerprint density at radius 1 is 1.41 bits per heavy atom. The fourth-order valence-electron chi connectivity index (χ4n) is 4.68. The number of aliphatic carboxylic acids is 1. The van der Waals surface area contributed by atoms with E-state index in [4.69, 9.17) is 10.8 Å². The predicted molar refractivity (Wildman–Crippen MR) is 117 cm³/mol. The molecule has 0 bridgehead atoms. The first-order valence-corrected chi connectivity index (χ1v) is 12.0. The number of thiazole rings is 1. The number of hydrogen-bond donors (Lipinski definition) is 4. The van der Waals surface area contributed by atoms with Crippen LogP contribution >= 0.6 is 23.1 Å². The number of imidazole rings is 1. The van der Waals surface area contributed by atoms with Crippen LogP contribution < -0.4 is 10.1 Å². The molecule has 1 saturated heterocycles. The number of thioether (sulfide) groups is 1. The van der Waals surface area contributed by atoms with Crippen LogP contribution in [0.25, 0.3) is 10.4 Å². The summed E-state index contributed by atoms with van der Waals surface area (Å²) >= 11 is 2.73. The average Bonchev–Trinajstić information content (AvgIpc) is 3.30. The number of carboxylic acid groups (broad SMARTS) is 1. The van der Waals surface area contributed by atoms with Crippen LogP contribution in [0.1, 0.15) is 30.8 Å². The summed E-state index contributed by atoms with van der Waals surface area (Å²) in [5.74, 6) is -1.90. The highest BCUT2D eigenvalue weighted by molar-refractivity contribution is 7.99. The maximum Gasteiger partial charge on any atom is 0.411 e. The van der Waals surface area contributed by atoms with Crippen LogP contribution in [0.15, 0.2) is 17.1 Å². The largest absolute Gasteiger partial charge is 0.477 e. The summed E-state index contributed by atoms with van der Waals surface area (Å²) in [5.41, 5.74) is 6.78. The standard InChI is InChI=1S/C20H24N4O6S2/c1-8-11(14(19(28)29)24-13(8)12(10(3)26)16(24)27)15-9(2)22-7-23(20(21)30)17(18(22)32-15)31-6-4-5-25/h7-8,10,12-13,25-26H,4-6H2,1-3H3,(H2-,21,28,29,30)/p+1/t8-,10+,12+,13+/m0/s1. The van der Waals surface area contributed by atoms with E-state index in [1.165, 1.54) is 32.6 Å². The Labute approximate surface area is 191 Å². The van der Waals surface area contributed by atoms with Crippen molar-refractivity contribution in [3.8, 4) is 0 Å². The van der Waals surface area contributed by atoms with E-state index in [9.17, 15) is 24.6 Å². The van der Waals surface area contributed by atoms with E-state index in [0.717, 1.165) is 15.4 Å². The van der Waals surface area contributed by atoms with Gasteiger partial charge in [0, 0.05) is 23.9 Å². The van der Waals surface area contributed by atoms with Gasteiger partial charge in [0.1, 0.15) is 11.4 Å².